The fourth-order valence-electron chi connectivity index (χ4n) is 2.07. The normalized spacial score (nSPS) is 11.9. The summed E-state index contributed by atoms with van der Waals surface area (Å²) in [6.07, 6.45) is -0.791. The first kappa shape index (κ1) is 15.7. The van der Waals surface area contributed by atoms with E-state index in [1.54, 1.807) is 0 Å². The first-order valence-electron chi connectivity index (χ1n) is 6.44. The van der Waals surface area contributed by atoms with Crippen molar-refractivity contribution in [2.75, 3.05) is 0 Å². The molecule has 0 atom stereocenters. The molecule has 1 heterocycles. The van der Waals surface area contributed by atoms with Gasteiger partial charge in [0.25, 0.3) is 5.78 Å². The van der Waals surface area contributed by atoms with Gasteiger partial charge in [-0.15, -0.1) is 0 Å². The monoisotopic (exact) mass is 276 g/mol. The Labute approximate surface area is 110 Å². The van der Waals surface area contributed by atoms with E-state index >= 15 is 0 Å². The van der Waals surface area contributed by atoms with Gasteiger partial charge in [0.1, 0.15) is 0 Å². The highest BCUT2D eigenvalue weighted by Gasteiger charge is 2.42. The highest BCUT2D eigenvalue weighted by atomic mass is 19.4. The summed E-state index contributed by atoms with van der Waals surface area (Å²) in [7, 11) is 0. The molecule has 1 aromatic rings. The number of ketones is 1. The first-order valence-corrected chi connectivity index (χ1v) is 6.44. The van der Waals surface area contributed by atoms with E-state index in [9.17, 15) is 18.0 Å². The summed E-state index contributed by atoms with van der Waals surface area (Å²) in [4.78, 5) is 11.3. The molecule has 0 radical (unpaired) electrons. The predicted molar refractivity (Wildman–Crippen MR) is 66.2 cm³/mol. The van der Waals surface area contributed by atoms with Crippen LogP contribution < -0.4 is 0 Å². The number of aryl methyl sites for hydroxylation is 2. The van der Waals surface area contributed by atoms with Gasteiger partial charge in [-0.3, -0.25) is 9.48 Å². The molecule has 1 aromatic heterocycles. The molecule has 0 aliphatic heterocycles. The molecule has 0 bridgehead atoms. The lowest BCUT2D eigenvalue weighted by Gasteiger charge is -2.06. The fraction of sp³-hybridized carbons (Fsp3) is 0.692. The van der Waals surface area contributed by atoms with Crippen LogP contribution in [-0.2, 0) is 6.54 Å². The Morgan fingerprint density at radius 1 is 1.21 bits per heavy atom. The van der Waals surface area contributed by atoms with Crippen LogP contribution in [0.15, 0.2) is 0 Å². The highest BCUT2D eigenvalue weighted by molar-refractivity contribution is 6.02. The second-order valence-electron chi connectivity index (χ2n) is 4.66. The number of carbonyl (C=O) groups is 1. The third kappa shape index (κ3) is 3.81. The van der Waals surface area contributed by atoms with E-state index in [-0.39, 0.29) is 11.3 Å². The van der Waals surface area contributed by atoms with Crippen molar-refractivity contribution in [1.29, 1.82) is 0 Å². The maximum absolute atomic E-state index is 12.5. The summed E-state index contributed by atoms with van der Waals surface area (Å²) in [6, 6.07) is 0. The largest absolute Gasteiger partial charge is 0.455 e. The van der Waals surface area contributed by atoms with Gasteiger partial charge in [-0.1, -0.05) is 26.2 Å². The molecule has 0 aliphatic carbocycles. The van der Waals surface area contributed by atoms with Gasteiger partial charge in [-0.2, -0.15) is 18.3 Å². The summed E-state index contributed by atoms with van der Waals surface area (Å²) >= 11 is 0. The van der Waals surface area contributed by atoms with Crippen molar-refractivity contribution in [2.45, 2.75) is 59.2 Å². The molecular formula is C13H19F3N2O. The van der Waals surface area contributed by atoms with E-state index in [2.05, 4.69) is 12.0 Å². The number of carbonyl (C=O) groups excluding carboxylic acids is 1. The molecule has 19 heavy (non-hydrogen) atoms. The second-order valence-corrected chi connectivity index (χ2v) is 4.66. The number of Topliss-reactive ketones (excluding diaryl/α,β-unsaturated/α-hetero) is 1. The lowest BCUT2D eigenvalue weighted by Crippen LogP contribution is -2.24. The van der Waals surface area contributed by atoms with Gasteiger partial charge in [-0.25, -0.2) is 0 Å². The van der Waals surface area contributed by atoms with Crippen LogP contribution in [0.4, 0.5) is 13.2 Å². The van der Waals surface area contributed by atoms with Crippen LogP contribution in [0, 0.1) is 13.8 Å². The van der Waals surface area contributed by atoms with Crippen LogP contribution in [-0.4, -0.2) is 21.7 Å². The molecule has 108 valence electrons. The number of rotatable bonds is 6. The van der Waals surface area contributed by atoms with Gasteiger partial charge in [0, 0.05) is 12.2 Å². The molecule has 1 rings (SSSR count). The first-order chi connectivity index (χ1) is 8.79. The van der Waals surface area contributed by atoms with Gasteiger partial charge in [0.05, 0.1) is 11.3 Å². The highest BCUT2D eigenvalue weighted by Crippen LogP contribution is 2.25. The van der Waals surface area contributed by atoms with Crippen molar-refractivity contribution in [3.05, 3.63) is 17.0 Å². The molecule has 0 unspecified atom stereocenters. The Kier molecular flexibility index (Phi) is 5.14. The minimum atomic E-state index is -4.84. The summed E-state index contributed by atoms with van der Waals surface area (Å²) in [5, 5.41) is 4.04. The molecule has 0 aliphatic rings. The number of nitrogens with zero attached hydrogens (tertiary/aromatic N) is 2. The number of halogens is 3. The smallest absolute Gasteiger partial charge is 0.284 e. The summed E-state index contributed by atoms with van der Waals surface area (Å²) < 4.78 is 38.9. The Morgan fingerprint density at radius 3 is 2.37 bits per heavy atom. The lowest BCUT2D eigenvalue weighted by atomic mass is 10.1. The lowest BCUT2D eigenvalue weighted by molar-refractivity contribution is -0.0886. The van der Waals surface area contributed by atoms with Crippen LogP contribution in [0.3, 0.4) is 0 Å². The second kappa shape index (κ2) is 6.21. The van der Waals surface area contributed by atoms with E-state index in [4.69, 9.17) is 0 Å². The van der Waals surface area contributed by atoms with Crippen LogP contribution in [0.2, 0.25) is 0 Å². The third-order valence-corrected chi connectivity index (χ3v) is 3.09. The number of hydrogen-bond acceptors (Lipinski definition) is 2. The standard InChI is InChI=1S/C13H19F3N2O/c1-4-5-6-7-8-18-10(3)11(9(2)17-18)12(19)13(14,15)16/h4-8H2,1-3H3. The predicted octanol–water partition coefficient (Wildman–Crippen LogP) is 3.83. The maximum Gasteiger partial charge on any atom is 0.455 e. The number of unbranched alkanes of at least 4 members (excludes halogenated alkanes) is 3. The van der Waals surface area contributed by atoms with Crippen LogP contribution in [0.25, 0.3) is 0 Å². The SMILES string of the molecule is CCCCCCn1nc(C)c(C(=O)C(F)(F)F)c1C. The van der Waals surface area contributed by atoms with Crippen molar-refractivity contribution < 1.29 is 18.0 Å². The van der Waals surface area contributed by atoms with Gasteiger partial charge < -0.3 is 0 Å². The van der Waals surface area contributed by atoms with E-state index in [0.717, 1.165) is 25.7 Å². The van der Waals surface area contributed by atoms with E-state index in [0.29, 0.717) is 12.2 Å². The minimum Gasteiger partial charge on any atom is -0.284 e. The molecule has 0 spiro atoms. The number of alkyl halides is 3. The van der Waals surface area contributed by atoms with Crippen molar-refractivity contribution in [2.24, 2.45) is 0 Å². The van der Waals surface area contributed by atoms with Crippen LogP contribution >= 0.6 is 0 Å². The van der Waals surface area contributed by atoms with Gasteiger partial charge in [0.15, 0.2) is 0 Å². The summed E-state index contributed by atoms with van der Waals surface area (Å²) in [5.74, 6) is -1.80. The quantitative estimate of drug-likeness (QED) is 0.584. The zero-order valence-electron chi connectivity index (χ0n) is 11.5. The van der Waals surface area contributed by atoms with Gasteiger partial charge in [-0.05, 0) is 20.3 Å². The molecule has 0 fully saturated rings. The third-order valence-electron chi connectivity index (χ3n) is 3.09. The molecule has 0 saturated carbocycles. The zero-order chi connectivity index (χ0) is 14.6. The zero-order valence-corrected chi connectivity index (χ0v) is 11.5. The molecular weight excluding hydrogens is 257 g/mol. The Morgan fingerprint density at radius 2 is 1.84 bits per heavy atom. The van der Waals surface area contributed by atoms with Crippen molar-refractivity contribution in [3.63, 3.8) is 0 Å². The molecule has 6 heteroatoms. The van der Waals surface area contributed by atoms with Crippen molar-refractivity contribution >= 4 is 5.78 Å². The molecule has 0 aromatic carbocycles. The topological polar surface area (TPSA) is 34.9 Å². The van der Waals surface area contributed by atoms with E-state index in [1.807, 2.05) is 0 Å². The van der Waals surface area contributed by atoms with Crippen LogP contribution in [0.1, 0.15) is 54.4 Å². The molecule has 0 saturated heterocycles. The van der Waals surface area contributed by atoms with E-state index in [1.165, 1.54) is 18.5 Å². The van der Waals surface area contributed by atoms with Crippen LogP contribution in [0.5, 0.6) is 0 Å². The fourth-order valence-corrected chi connectivity index (χ4v) is 2.07. The average molecular weight is 276 g/mol. The number of hydrogen-bond donors (Lipinski definition) is 0. The Hall–Kier alpha value is -1.33. The molecule has 0 amide bonds. The minimum absolute atomic E-state index is 0.148. The summed E-state index contributed by atoms with van der Waals surface area (Å²) in [5.41, 5.74) is 0.148. The average Bonchev–Trinajstić information content (AvgIpc) is 2.58. The van der Waals surface area contributed by atoms with Crippen molar-refractivity contribution in [1.82, 2.24) is 9.78 Å². The molecule has 3 nitrogen and oxygen atoms in total. The van der Waals surface area contributed by atoms with Crippen molar-refractivity contribution in [3.8, 4) is 0 Å². The maximum atomic E-state index is 12.5. The Bertz CT molecular complexity index is 449. The molecule has 0 N–H and O–H groups in total. The van der Waals surface area contributed by atoms with Gasteiger partial charge in [0.2, 0.25) is 0 Å². The van der Waals surface area contributed by atoms with E-state index < -0.39 is 12.0 Å². The van der Waals surface area contributed by atoms with Gasteiger partial charge >= 0.3 is 6.18 Å². The Balaban J connectivity index is 2.86. The summed E-state index contributed by atoms with van der Waals surface area (Å²) in [6.45, 7) is 5.59. The number of aromatic nitrogens is 2.